The molecule has 0 fully saturated rings. The smallest absolute Gasteiger partial charge is 0.0818 e. The Morgan fingerprint density at radius 3 is 2.67 bits per heavy atom. The van der Waals surface area contributed by atoms with Crippen LogP contribution in [0.3, 0.4) is 0 Å². The second-order valence-electron chi connectivity index (χ2n) is 3.22. The first-order valence-electron chi connectivity index (χ1n) is 4.63. The monoisotopic (exact) mass is 197 g/mol. The fraction of sp³-hybridized carbons (Fsp3) is 0. The Morgan fingerprint density at radius 2 is 1.87 bits per heavy atom. The van der Waals surface area contributed by atoms with Gasteiger partial charge >= 0.3 is 0 Å². The number of nitrogens with zero attached hydrogens (tertiary/aromatic N) is 1. The molecule has 0 saturated carbocycles. The van der Waals surface area contributed by atoms with E-state index in [0.717, 1.165) is 16.3 Å². The van der Waals surface area contributed by atoms with E-state index in [1.54, 1.807) is 0 Å². The first kappa shape index (κ1) is 9.40. The van der Waals surface area contributed by atoms with Crippen LogP contribution in [0.25, 0.3) is 10.8 Å². The van der Waals surface area contributed by atoms with Gasteiger partial charge in [-0.15, -0.1) is 0 Å². The van der Waals surface area contributed by atoms with E-state index >= 15 is 0 Å². The predicted molar refractivity (Wildman–Crippen MR) is 63.5 cm³/mol. The van der Waals surface area contributed by atoms with Crippen LogP contribution < -0.4 is 5.84 Å². The molecule has 3 N–H and O–H groups in total. The van der Waals surface area contributed by atoms with Gasteiger partial charge in [0.05, 0.1) is 11.9 Å². The molecule has 0 heterocycles. The summed E-state index contributed by atoms with van der Waals surface area (Å²) in [6.45, 7) is 0. The van der Waals surface area contributed by atoms with Gasteiger partial charge in [0, 0.05) is 5.56 Å². The summed E-state index contributed by atoms with van der Waals surface area (Å²) in [6.07, 6.45) is 1.35. The normalized spacial score (nSPS) is 10.9. The van der Waals surface area contributed by atoms with Gasteiger partial charge in [-0.05, 0) is 10.8 Å². The second-order valence-corrected chi connectivity index (χ2v) is 3.22. The summed E-state index contributed by atoms with van der Waals surface area (Å²) >= 11 is 0. The van der Waals surface area contributed by atoms with E-state index in [1.807, 2.05) is 42.5 Å². The van der Waals surface area contributed by atoms with E-state index < -0.39 is 0 Å². The molecule has 0 spiro atoms. The zero-order chi connectivity index (χ0) is 10.7. The van der Waals surface area contributed by atoms with E-state index in [9.17, 15) is 0 Å². The number of hydrogen-bond acceptors (Lipinski definition) is 3. The van der Waals surface area contributed by atoms with Crippen LogP contribution in [0.1, 0.15) is 5.56 Å². The Bertz CT molecular complexity index is 524. The highest BCUT2D eigenvalue weighted by Gasteiger charge is 2.03. The molecule has 2 aromatic rings. The molecule has 3 nitrogen and oxygen atoms in total. The van der Waals surface area contributed by atoms with Crippen molar-refractivity contribution >= 4 is 22.7 Å². The molecular weight excluding hydrogens is 186 g/mol. The van der Waals surface area contributed by atoms with Crippen molar-refractivity contribution in [1.82, 2.24) is 0 Å². The van der Waals surface area contributed by atoms with E-state index in [-0.39, 0.29) is 0 Å². The Labute approximate surface area is 87.7 Å². The number of fused-ring (bicyclic) bond motifs is 1. The Hall–Kier alpha value is -2.16. The van der Waals surface area contributed by atoms with Crippen LogP contribution in [-0.2, 0) is 0 Å². The maximum Gasteiger partial charge on any atom is 0.0818 e. The van der Waals surface area contributed by atoms with Crippen LogP contribution in [0.4, 0.5) is 0 Å². The fourth-order valence-electron chi connectivity index (χ4n) is 1.60. The molecule has 0 atom stereocenters. The van der Waals surface area contributed by atoms with Crippen molar-refractivity contribution in [2.24, 2.45) is 10.9 Å². The number of rotatable bonds is 2. The van der Waals surface area contributed by atoms with Crippen molar-refractivity contribution in [2.75, 3.05) is 0 Å². The largest absolute Gasteiger partial charge is 0.323 e. The van der Waals surface area contributed by atoms with Crippen LogP contribution in [0, 0.1) is 5.41 Å². The lowest BCUT2D eigenvalue weighted by atomic mass is 10.0. The first-order chi connectivity index (χ1) is 7.33. The third-order valence-electron chi connectivity index (χ3n) is 2.28. The zero-order valence-corrected chi connectivity index (χ0v) is 8.14. The Kier molecular flexibility index (Phi) is 2.46. The topological polar surface area (TPSA) is 62.2 Å². The van der Waals surface area contributed by atoms with E-state index in [4.69, 9.17) is 11.3 Å². The van der Waals surface area contributed by atoms with Gasteiger partial charge in [-0.1, -0.05) is 42.5 Å². The summed E-state index contributed by atoms with van der Waals surface area (Å²) in [4.78, 5) is 0. The molecule has 74 valence electrons. The molecule has 0 radical (unpaired) electrons. The maximum absolute atomic E-state index is 7.78. The fourth-order valence-corrected chi connectivity index (χ4v) is 1.60. The minimum Gasteiger partial charge on any atom is -0.323 e. The van der Waals surface area contributed by atoms with Gasteiger partial charge in [0.1, 0.15) is 0 Å². The number of nitrogens with two attached hydrogens (primary N) is 1. The minimum atomic E-state index is 0.328. The van der Waals surface area contributed by atoms with Crippen molar-refractivity contribution < 1.29 is 0 Å². The summed E-state index contributed by atoms with van der Waals surface area (Å²) in [6, 6.07) is 13.8. The molecule has 0 aliphatic heterocycles. The molecule has 0 aliphatic rings. The standard InChI is InChI=1S/C12H11N3/c13-12(8-15-14)11-7-3-5-9-4-1-2-6-10(9)11/h1-8,13H,14H2/b13-12?,15-8-. The lowest BCUT2D eigenvalue weighted by molar-refractivity contribution is 1.27. The molecule has 3 heteroatoms. The van der Waals surface area contributed by atoms with Gasteiger partial charge in [-0.2, -0.15) is 5.10 Å². The number of hydrazone groups is 1. The maximum atomic E-state index is 7.78. The first-order valence-corrected chi connectivity index (χ1v) is 4.63. The summed E-state index contributed by atoms with van der Waals surface area (Å²) in [7, 11) is 0. The van der Waals surface area contributed by atoms with Crippen LogP contribution in [0.15, 0.2) is 47.6 Å². The quantitative estimate of drug-likeness (QED) is 0.432. The van der Waals surface area contributed by atoms with E-state index in [0.29, 0.717) is 5.71 Å². The van der Waals surface area contributed by atoms with Gasteiger partial charge in [0.25, 0.3) is 0 Å². The van der Waals surface area contributed by atoms with Gasteiger partial charge in [-0.3, -0.25) is 5.41 Å². The van der Waals surface area contributed by atoms with Gasteiger partial charge < -0.3 is 5.84 Å². The lowest BCUT2D eigenvalue weighted by Gasteiger charge is -2.03. The van der Waals surface area contributed by atoms with E-state index in [2.05, 4.69) is 5.10 Å². The lowest BCUT2D eigenvalue weighted by Crippen LogP contribution is -2.02. The molecule has 2 rings (SSSR count). The van der Waals surface area contributed by atoms with Crippen molar-refractivity contribution in [3.05, 3.63) is 48.0 Å². The van der Waals surface area contributed by atoms with Crippen LogP contribution in [0.2, 0.25) is 0 Å². The molecule has 0 bridgehead atoms. The molecule has 0 saturated heterocycles. The van der Waals surface area contributed by atoms with Crippen molar-refractivity contribution in [2.45, 2.75) is 0 Å². The molecule has 0 unspecified atom stereocenters. The van der Waals surface area contributed by atoms with Crippen molar-refractivity contribution in [3.63, 3.8) is 0 Å². The number of hydrogen-bond donors (Lipinski definition) is 2. The Morgan fingerprint density at radius 1 is 1.13 bits per heavy atom. The molecule has 2 aromatic carbocycles. The SMILES string of the molecule is N=C(/C=N\N)c1cccc2ccccc12. The van der Waals surface area contributed by atoms with Gasteiger partial charge in [0.2, 0.25) is 0 Å². The number of nitrogens with one attached hydrogen (secondary N) is 1. The highest BCUT2D eigenvalue weighted by atomic mass is 15.1. The average Bonchev–Trinajstić information content (AvgIpc) is 2.28. The number of benzene rings is 2. The third-order valence-corrected chi connectivity index (χ3v) is 2.28. The molecule has 15 heavy (non-hydrogen) atoms. The minimum absolute atomic E-state index is 0.328. The van der Waals surface area contributed by atoms with Crippen LogP contribution in [-0.4, -0.2) is 11.9 Å². The van der Waals surface area contributed by atoms with Crippen molar-refractivity contribution in [3.8, 4) is 0 Å². The molecular formula is C12H11N3. The summed E-state index contributed by atoms with van der Waals surface area (Å²) in [5.41, 5.74) is 1.18. The third kappa shape index (κ3) is 1.72. The predicted octanol–water partition coefficient (Wildman–Crippen LogP) is 2.15. The van der Waals surface area contributed by atoms with Crippen molar-refractivity contribution in [1.29, 1.82) is 5.41 Å². The van der Waals surface area contributed by atoms with E-state index in [1.165, 1.54) is 6.21 Å². The highest BCUT2D eigenvalue weighted by molar-refractivity contribution is 6.39. The summed E-state index contributed by atoms with van der Waals surface area (Å²) in [5, 5.41) is 13.3. The Balaban J connectivity index is 2.65. The second kappa shape index (κ2) is 3.92. The molecule has 0 aliphatic carbocycles. The summed E-state index contributed by atoms with van der Waals surface area (Å²) in [5.74, 6) is 5.04. The summed E-state index contributed by atoms with van der Waals surface area (Å²) < 4.78 is 0. The van der Waals surface area contributed by atoms with Crippen LogP contribution in [0.5, 0.6) is 0 Å². The molecule has 0 amide bonds. The molecule has 0 aromatic heterocycles. The van der Waals surface area contributed by atoms with Gasteiger partial charge in [0.15, 0.2) is 0 Å². The zero-order valence-electron chi connectivity index (χ0n) is 8.14. The average molecular weight is 197 g/mol. The van der Waals surface area contributed by atoms with Crippen LogP contribution >= 0.6 is 0 Å². The van der Waals surface area contributed by atoms with Gasteiger partial charge in [-0.25, -0.2) is 0 Å². The highest BCUT2D eigenvalue weighted by Crippen LogP contribution is 2.18.